The second-order valence-corrected chi connectivity index (χ2v) is 5.93. The Bertz CT molecular complexity index is 736. The van der Waals surface area contributed by atoms with Gasteiger partial charge in [-0.05, 0) is 6.42 Å². The summed E-state index contributed by atoms with van der Waals surface area (Å²) in [5.74, 6) is 0. The van der Waals surface area contributed by atoms with Gasteiger partial charge in [0, 0.05) is 0 Å². The van der Waals surface area contributed by atoms with Crippen LogP contribution in [-0.4, -0.2) is 23.0 Å². The quantitative estimate of drug-likeness (QED) is 0.636. The third-order valence-corrected chi connectivity index (χ3v) is 5.25. The fourth-order valence-corrected chi connectivity index (χ4v) is 4.51. The molecule has 0 aromatic carbocycles. The molecule has 2 aromatic rings. The van der Waals surface area contributed by atoms with Crippen molar-refractivity contribution in [1.29, 1.82) is 0 Å². The Kier molecular flexibility index (Phi) is 1.86. The van der Waals surface area contributed by atoms with E-state index in [9.17, 15) is 8.42 Å². The first kappa shape index (κ1) is 10.3. The lowest BCUT2D eigenvalue weighted by Gasteiger charge is -2.13. The van der Waals surface area contributed by atoms with E-state index in [1.807, 2.05) is 6.92 Å². The molecule has 2 aromatic heterocycles. The molecule has 0 unspecified atom stereocenters. The van der Waals surface area contributed by atoms with Gasteiger partial charge in [-0.2, -0.15) is 5.10 Å². The summed E-state index contributed by atoms with van der Waals surface area (Å²) >= 11 is 11.7. The predicted octanol–water partition coefficient (Wildman–Crippen LogP) is 1.74. The molecule has 0 atom stereocenters. The first-order valence-corrected chi connectivity index (χ1v) is 6.74. The maximum Gasteiger partial charge on any atom is 0.218 e. The van der Waals surface area contributed by atoms with E-state index >= 15 is 0 Å². The van der Waals surface area contributed by atoms with Gasteiger partial charge < -0.3 is 0 Å². The molecule has 0 spiro atoms. The predicted molar refractivity (Wildman–Crippen MR) is 57.8 cm³/mol. The molecule has 84 valence electrons. The van der Waals surface area contributed by atoms with Crippen molar-refractivity contribution in [2.24, 2.45) is 0 Å². The Morgan fingerprint density at radius 2 is 2.00 bits per heavy atom. The number of fused-ring (bicyclic) bond motifs is 1. The van der Waals surface area contributed by atoms with Crippen molar-refractivity contribution in [1.82, 2.24) is 14.6 Å². The lowest BCUT2D eigenvalue weighted by Crippen LogP contribution is -2.14. The van der Waals surface area contributed by atoms with Gasteiger partial charge in [0.15, 0.2) is 16.0 Å². The van der Waals surface area contributed by atoms with Gasteiger partial charge in [-0.1, -0.05) is 30.1 Å². The van der Waals surface area contributed by atoms with Crippen LogP contribution >= 0.6 is 23.2 Å². The van der Waals surface area contributed by atoms with Crippen molar-refractivity contribution in [3.63, 3.8) is 0 Å². The van der Waals surface area contributed by atoms with Crippen LogP contribution in [0.15, 0.2) is 9.79 Å². The van der Waals surface area contributed by atoms with Crippen molar-refractivity contribution in [2.75, 3.05) is 0 Å². The van der Waals surface area contributed by atoms with E-state index in [4.69, 9.17) is 23.2 Å². The summed E-state index contributed by atoms with van der Waals surface area (Å²) in [5.41, 5.74) is 0.679. The van der Waals surface area contributed by atoms with Crippen molar-refractivity contribution < 1.29 is 8.42 Å². The Morgan fingerprint density at radius 3 is 2.62 bits per heavy atom. The van der Waals surface area contributed by atoms with Gasteiger partial charge >= 0.3 is 0 Å². The SMILES string of the molecule is CCc1nn2c(Cl)c3c(Cl)nc2c1S3(=O)=O. The van der Waals surface area contributed by atoms with Crippen LogP contribution in [-0.2, 0) is 16.3 Å². The number of nitrogens with zero attached hydrogens (tertiary/aromatic N) is 3. The minimum Gasteiger partial charge on any atom is -0.218 e. The van der Waals surface area contributed by atoms with Gasteiger partial charge in [0.25, 0.3) is 0 Å². The van der Waals surface area contributed by atoms with Crippen LogP contribution in [0, 0.1) is 0 Å². The zero-order valence-corrected chi connectivity index (χ0v) is 10.4. The summed E-state index contributed by atoms with van der Waals surface area (Å²) in [4.78, 5) is 3.96. The first-order chi connectivity index (χ1) is 7.48. The topological polar surface area (TPSA) is 64.3 Å². The second kappa shape index (κ2) is 2.88. The molecule has 4 bridgehead atoms. The zero-order valence-electron chi connectivity index (χ0n) is 8.03. The summed E-state index contributed by atoms with van der Waals surface area (Å²) in [7, 11) is -3.64. The molecule has 0 fully saturated rings. The van der Waals surface area contributed by atoms with Crippen LogP contribution in [0.4, 0.5) is 0 Å². The van der Waals surface area contributed by atoms with E-state index in [-0.39, 0.29) is 25.7 Å². The van der Waals surface area contributed by atoms with Gasteiger partial charge in [-0.3, -0.25) is 0 Å². The fraction of sp³-hybridized carbons (Fsp3) is 0.250. The molecule has 5 nitrogen and oxygen atoms in total. The number of halogens is 2. The molecule has 4 rings (SSSR count). The molecule has 4 heterocycles. The fourth-order valence-electron chi connectivity index (χ4n) is 1.83. The van der Waals surface area contributed by atoms with Crippen LogP contribution in [0.25, 0.3) is 5.65 Å². The highest BCUT2D eigenvalue weighted by Gasteiger charge is 2.39. The number of aromatic nitrogens is 3. The average molecular weight is 278 g/mol. The molecule has 0 saturated heterocycles. The number of sulfone groups is 1. The summed E-state index contributed by atoms with van der Waals surface area (Å²) in [6, 6.07) is 0. The Hall–Kier alpha value is -0.850. The molecule has 0 aliphatic carbocycles. The summed E-state index contributed by atoms with van der Waals surface area (Å²) in [5, 5.41) is 4.02. The van der Waals surface area contributed by atoms with Crippen molar-refractivity contribution in [3.05, 3.63) is 16.0 Å². The van der Waals surface area contributed by atoms with E-state index in [2.05, 4.69) is 10.1 Å². The number of hydrogen-bond donors (Lipinski definition) is 0. The van der Waals surface area contributed by atoms with Crippen LogP contribution in [0.5, 0.6) is 0 Å². The second-order valence-electron chi connectivity index (χ2n) is 3.39. The third kappa shape index (κ3) is 0.952. The number of hydrogen-bond acceptors (Lipinski definition) is 4. The molecule has 2 aliphatic heterocycles. The van der Waals surface area contributed by atoms with Crippen LogP contribution in [0.3, 0.4) is 0 Å². The van der Waals surface area contributed by atoms with Crippen LogP contribution in [0.2, 0.25) is 10.3 Å². The normalized spacial score (nSPS) is 16.4. The van der Waals surface area contributed by atoms with E-state index in [1.165, 1.54) is 4.52 Å². The van der Waals surface area contributed by atoms with E-state index < -0.39 is 9.84 Å². The van der Waals surface area contributed by atoms with Gasteiger partial charge in [-0.25, -0.2) is 17.9 Å². The maximum absolute atomic E-state index is 12.1. The molecular weight excluding hydrogens is 273 g/mol. The van der Waals surface area contributed by atoms with Crippen molar-refractivity contribution in [2.45, 2.75) is 23.1 Å². The van der Waals surface area contributed by atoms with E-state index in [1.54, 1.807) is 0 Å². The van der Waals surface area contributed by atoms with Gasteiger partial charge in [0.1, 0.15) is 9.79 Å². The standard InChI is InChI=1S/C8H5Cl2N3O2S/c1-2-3-4-8-11-6(9)5(16(4,14)15)7(10)13(8)12-3/h2H2,1H3. The Balaban J connectivity index is 2.68. The summed E-state index contributed by atoms with van der Waals surface area (Å²) in [6.45, 7) is 1.82. The summed E-state index contributed by atoms with van der Waals surface area (Å²) < 4.78 is 25.6. The van der Waals surface area contributed by atoms with E-state index in [0.717, 1.165) is 0 Å². The first-order valence-electron chi connectivity index (χ1n) is 4.50. The highest BCUT2D eigenvalue weighted by Crippen LogP contribution is 2.41. The zero-order chi connectivity index (χ0) is 11.7. The monoisotopic (exact) mass is 277 g/mol. The largest absolute Gasteiger partial charge is 0.218 e. The Morgan fingerprint density at radius 1 is 1.31 bits per heavy atom. The minimum atomic E-state index is -3.64. The van der Waals surface area contributed by atoms with Gasteiger partial charge in [-0.15, -0.1) is 0 Å². The lowest BCUT2D eigenvalue weighted by atomic mass is 10.3. The molecule has 0 saturated carbocycles. The smallest absolute Gasteiger partial charge is 0.218 e. The summed E-state index contributed by atoms with van der Waals surface area (Å²) in [6.07, 6.45) is 0.499. The van der Waals surface area contributed by atoms with Gasteiger partial charge in [0.2, 0.25) is 9.84 Å². The lowest BCUT2D eigenvalue weighted by molar-refractivity contribution is 0.593. The van der Waals surface area contributed by atoms with E-state index in [0.29, 0.717) is 12.1 Å². The van der Waals surface area contributed by atoms with Crippen molar-refractivity contribution in [3.8, 4) is 0 Å². The highest BCUT2D eigenvalue weighted by molar-refractivity contribution is 7.92. The molecular formula is C8H5Cl2N3O2S. The third-order valence-electron chi connectivity index (χ3n) is 2.52. The number of rotatable bonds is 1. The Labute approximate surface area is 101 Å². The van der Waals surface area contributed by atoms with Gasteiger partial charge in [0.05, 0.1) is 5.69 Å². The molecule has 0 N–H and O–H groups in total. The highest BCUT2D eigenvalue weighted by atomic mass is 35.5. The van der Waals surface area contributed by atoms with Crippen LogP contribution in [0.1, 0.15) is 12.6 Å². The maximum atomic E-state index is 12.1. The minimum absolute atomic E-state index is 0.00204. The van der Waals surface area contributed by atoms with Crippen LogP contribution < -0.4 is 0 Å². The van der Waals surface area contributed by atoms with Crippen molar-refractivity contribution >= 4 is 38.7 Å². The molecule has 2 aliphatic rings. The molecule has 8 heteroatoms. The molecule has 16 heavy (non-hydrogen) atoms. The molecule has 0 amide bonds. The molecule has 0 radical (unpaired) electrons. The number of aryl methyl sites for hydroxylation is 1. The average Bonchev–Trinajstić information content (AvgIpc) is 2.52.